The van der Waals surface area contributed by atoms with Gasteiger partial charge in [-0.25, -0.2) is 4.98 Å². The highest BCUT2D eigenvalue weighted by Gasteiger charge is 2.16. The summed E-state index contributed by atoms with van der Waals surface area (Å²) in [6, 6.07) is 30.1. The summed E-state index contributed by atoms with van der Waals surface area (Å²) in [4.78, 5) is 18.2. The van der Waals surface area contributed by atoms with Crippen LogP contribution in [0.2, 0.25) is 5.02 Å². The highest BCUT2D eigenvalue weighted by atomic mass is 35.5. The molecule has 6 aromatic rings. The van der Waals surface area contributed by atoms with E-state index in [1.807, 2.05) is 48.5 Å². The van der Waals surface area contributed by atoms with Crippen LogP contribution in [0.5, 0.6) is 5.75 Å². The number of halogens is 1. The van der Waals surface area contributed by atoms with E-state index in [1.165, 1.54) is 10.2 Å². The average molecular weight is 520 g/mol. The molecule has 2 heterocycles. The smallest absolute Gasteiger partial charge is 0.282 e. The normalized spacial score (nSPS) is 11.5. The number of hydrogen-bond donors (Lipinski definition) is 0. The van der Waals surface area contributed by atoms with Crippen molar-refractivity contribution in [3.05, 3.63) is 129 Å². The molecule has 0 atom stereocenters. The molecule has 0 aliphatic rings. The predicted molar refractivity (Wildman–Crippen MR) is 151 cm³/mol. The van der Waals surface area contributed by atoms with Gasteiger partial charge >= 0.3 is 0 Å². The van der Waals surface area contributed by atoms with E-state index in [-0.39, 0.29) is 5.56 Å². The van der Waals surface area contributed by atoms with Crippen molar-refractivity contribution in [2.45, 2.75) is 13.5 Å². The van der Waals surface area contributed by atoms with Gasteiger partial charge in [-0.15, -0.1) is 0 Å². The number of fused-ring (bicyclic) bond motifs is 2. The summed E-state index contributed by atoms with van der Waals surface area (Å²) in [5.41, 5.74) is 3.95. The van der Waals surface area contributed by atoms with Gasteiger partial charge in [0.15, 0.2) is 5.76 Å². The number of rotatable bonds is 6. The number of ether oxygens (including phenoxy) is 1. The minimum absolute atomic E-state index is 0.295. The molecular weight excluding hydrogens is 498 g/mol. The number of aryl methyl sites for hydroxylation is 1. The Kier molecular flexibility index (Phi) is 6.23. The van der Waals surface area contributed by atoms with Crippen molar-refractivity contribution < 1.29 is 9.15 Å². The maximum absolute atomic E-state index is 13.5. The Morgan fingerprint density at radius 1 is 0.974 bits per heavy atom. The average Bonchev–Trinajstić information content (AvgIpc) is 3.35. The number of benzene rings is 4. The van der Waals surface area contributed by atoms with Crippen molar-refractivity contribution in [1.29, 1.82) is 0 Å². The number of aromatic nitrogens is 2. The summed E-state index contributed by atoms with van der Waals surface area (Å²) >= 11 is 6.16. The minimum atomic E-state index is -0.299. The Balaban J connectivity index is 1.37. The fraction of sp³-hybridized carbons (Fsp3) is 0.0645. The predicted octanol–water partition coefficient (Wildman–Crippen LogP) is 7.23. The van der Waals surface area contributed by atoms with Gasteiger partial charge in [-0.1, -0.05) is 65.7 Å². The Labute approximate surface area is 223 Å². The van der Waals surface area contributed by atoms with Gasteiger partial charge in [0, 0.05) is 10.4 Å². The molecule has 0 fully saturated rings. The van der Waals surface area contributed by atoms with Crippen molar-refractivity contribution in [1.82, 2.24) is 9.66 Å². The lowest BCUT2D eigenvalue weighted by Crippen LogP contribution is -2.20. The molecule has 6 nitrogen and oxygen atoms in total. The lowest BCUT2D eigenvalue weighted by Gasteiger charge is -2.08. The van der Waals surface area contributed by atoms with E-state index >= 15 is 0 Å². The summed E-state index contributed by atoms with van der Waals surface area (Å²) in [7, 11) is 0. The molecule has 186 valence electrons. The van der Waals surface area contributed by atoms with Gasteiger partial charge in [-0.3, -0.25) is 4.79 Å². The molecule has 0 unspecified atom stereocenters. The van der Waals surface area contributed by atoms with Crippen molar-refractivity contribution in [3.8, 4) is 17.3 Å². The van der Waals surface area contributed by atoms with Crippen LogP contribution < -0.4 is 10.3 Å². The molecule has 0 amide bonds. The summed E-state index contributed by atoms with van der Waals surface area (Å²) in [5.74, 6) is 1.41. The topological polar surface area (TPSA) is 69.6 Å². The molecule has 0 N–H and O–H groups in total. The quantitative estimate of drug-likeness (QED) is 0.218. The van der Waals surface area contributed by atoms with Gasteiger partial charge in [-0.2, -0.15) is 9.78 Å². The van der Waals surface area contributed by atoms with E-state index in [0.29, 0.717) is 45.4 Å². The summed E-state index contributed by atoms with van der Waals surface area (Å²) in [6.45, 7) is 2.51. The molecule has 0 aliphatic heterocycles. The minimum Gasteiger partial charge on any atom is -0.489 e. The van der Waals surface area contributed by atoms with Crippen LogP contribution in [0, 0.1) is 6.92 Å². The molecule has 7 heteroatoms. The first-order valence-corrected chi connectivity index (χ1v) is 12.5. The maximum Gasteiger partial charge on any atom is 0.282 e. The summed E-state index contributed by atoms with van der Waals surface area (Å²) < 4.78 is 13.3. The van der Waals surface area contributed by atoms with Crippen molar-refractivity contribution >= 4 is 39.7 Å². The van der Waals surface area contributed by atoms with Crippen molar-refractivity contribution in [2.24, 2.45) is 5.10 Å². The molecule has 38 heavy (non-hydrogen) atoms. The van der Waals surface area contributed by atoms with Crippen LogP contribution in [0.4, 0.5) is 0 Å². The van der Waals surface area contributed by atoms with Crippen molar-refractivity contribution in [3.63, 3.8) is 0 Å². The number of nitrogens with zero attached hydrogens (tertiary/aromatic N) is 3. The first kappa shape index (κ1) is 23.7. The van der Waals surface area contributed by atoms with Gasteiger partial charge in [-0.05, 0) is 66.6 Å². The monoisotopic (exact) mass is 519 g/mol. The summed E-state index contributed by atoms with van der Waals surface area (Å²) in [5, 5.41) is 6.40. The number of furan rings is 1. The molecule has 6 rings (SSSR count). The molecule has 0 radical (unpaired) electrons. The second-order valence-corrected chi connectivity index (χ2v) is 9.39. The zero-order valence-corrected chi connectivity index (χ0v) is 21.2. The molecule has 0 bridgehead atoms. The second-order valence-electron chi connectivity index (χ2n) is 8.96. The molecule has 0 spiro atoms. The highest BCUT2D eigenvalue weighted by molar-refractivity contribution is 6.31. The number of para-hydroxylation sites is 1. The molecular formula is C31H22ClN3O3. The Morgan fingerprint density at radius 3 is 2.74 bits per heavy atom. The van der Waals surface area contributed by atoms with Gasteiger partial charge in [0.1, 0.15) is 17.9 Å². The van der Waals surface area contributed by atoms with Gasteiger partial charge < -0.3 is 9.15 Å². The van der Waals surface area contributed by atoms with Crippen LogP contribution in [0.25, 0.3) is 33.5 Å². The van der Waals surface area contributed by atoms with Crippen molar-refractivity contribution in [2.75, 3.05) is 0 Å². The number of hydrogen-bond acceptors (Lipinski definition) is 5. The highest BCUT2D eigenvalue weighted by Crippen LogP contribution is 2.29. The van der Waals surface area contributed by atoms with Crippen LogP contribution in [0.3, 0.4) is 0 Å². The van der Waals surface area contributed by atoms with Crippen LogP contribution in [-0.4, -0.2) is 15.9 Å². The van der Waals surface area contributed by atoms with E-state index in [2.05, 4.69) is 24.2 Å². The van der Waals surface area contributed by atoms with Gasteiger partial charge in [0.05, 0.1) is 17.1 Å². The third kappa shape index (κ3) is 4.82. The maximum atomic E-state index is 13.5. The fourth-order valence-electron chi connectivity index (χ4n) is 4.29. The fourth-order valence-corrected chi connectivity index (χ4v) is 4.47. The standard InChI is InChI=1S/C31H22ClN3O3/c1-20-6-4-8-22(14-20)19-37-25-9-5-7-21(15-25)18-33-35-30(34-27-11-3-2-10-26(27)31(35)36)29-17-23-16-24(32)12-13-28(23)38-29/h2-18H,19H2,1H3. The summed E-state index contributed by atoms with van der Waals surface area (Å²) in [6.07, 6.45) is 1.61. The second kappa shape index (κ2) is 10.00. The SMILES string of the molecule is Cc1cccc(COc2cccc(C=Nn3c(-c4cc5cc(Cl)ccc5o4)nc4ccccc4c3=O)c2)c1. The largest absolute Gasteiger partial charge is 0.489 e. The van der Waals surface area contributed by atoms with Crippen LogP contribution in [0.15, 0.2) is 111 Å². The third-order valence-electron chi connectivity index (χ3n) is 6.12. The zero-order valence-electron chi connectivity index (χ0n) is 20.5. The van der Waals surface area contributed by atoms with E-state index in [0.717, 1.165) is 16.5 Å². The van der Waals surface area contributed by atoms with Crippen LogP contribution >= 0.6 is 11.6 Å². The first-order chi connectivity index (χ1) is 18.5. The lowest BCUT2D eigenvalue weighted by molar-refractivity contribution is 0.306. The molecule has 0 saturated heterocycles. The van der Waals surface area contributed by atoms with Crippen LogP contribution in [-0.2, 0) is 6.61 Å². The van der Waals surface area contributed by atoms with Crippen LogP contribution in [0.1, 0.15) is 16.7 Å². The third-order valence-corrected chi connectivity index (χ3v) is 6.36. The lowest BCUT2D eigenvalue weighted by atomic mass is 10.1. The molecule has 0 saturated carbocycles. The Hall–Kier alpha value is -4.68. The molecule has 0 aliphatic carbocycles. The van der Waals surface area contributed by atoms with E-state index in [4.69, 9.17) is 25.7 Å². The van der Waals surface area contributed by atoms with Gasteiger partial charge in [0.25, 0.3) is 5.56 Å². The molecule has 4 aromatic carbocycles. The van der Waals surface area contributed by atoms with E-state index < -0.39 is 0 Å². The van der Waals surface area contributed by atoms with E-state index in [1.54, 1.807) is 42.6 Å². The van der Waals surface area contributed by atoms with Gasteiger partial charge in [0.2, 0.25) is 5.82 Å². The van der Waals surface area contributed by atoms with E-state index in [9.17, 15) is 4.79 Å². The Bertz CT molecular complexity index is 1890. The Morgan fingerprint density at radius 2 is 1.84 bits per heavy atom. The first-order valence-electron chi connectivity index (χ1n) is 12.1. The molecule has 2 aromatic heterocycles. The zero-order chi connectivity index (χ0) is 26.1.